The Balaban J connectivity index is 2.15. The number of nitrogens with zero attached hydrogens (tertiary/aromatic N) is 2. The molecule has 1 aromatic heterocycles. The number of aromatic nitrogens is 2. The third-order valence-corrected chi connectivity index (χ3v) is 2.47. The lowest BCUT2D eigenvalue weighted by Crippen LogP contribution is -2.29. The summed E-state index contributed by atoms with van der Waals surface area (Å²) in [5.74, 6) is 0.190. The maximum Gasteiger partial charge on any atom is 0.243 e. The molecule has 1 unspecified atom stereocenters. The molecule has 0 aliphatic heterocycles. The van der Waals surface area contributed by atoms with E-state index in [9.17, 15) is 4.79 Å². The van der Waals surface area contributed by atoms with Gasteiger partial charge in [-0.3, -0.25) is 4.79 Å². The molecule has 5 heteroatoms. The molecule has 2 rings (SSSR count). The number of carbonyl (C=O) groups excluding carboxylic acids is 1. The van der Waals surface area contributed by atoms with Gasteiger partial charge in [-0.1, -0.05) is 42.1 Å². The van der Waals surface area contributed by atoms with Crippen LogP contribution in [0, 0.1) is 0 Å². The summed E-state index contributed by atoms with van der Waals surface area (Å²) in [7, 11) is 0. The standard InChI is InChI=1S/C13H13N3O2/c1-2-12(17)15-11(13-14-9-18-16-13)8-10-6-4-3-5-7-10/h2-7,9,11H,1,8H2,(H,15,17). The number of rotatable bonds is 5. The molecule has 0 aliphatic rings. The molecular weight excluding hydrogens is 230 g/mol. The Morgan fingerprint density at radius 1 is 1.44 bits per heavy atom. The molecule has 0 bridgehead atoms. The van der Waals surface area contributed by atoms with Crippen molar-refractivity contribution in [1.29, 1.82) is 0 Å². The molecule has 0 aliphatic carbocycles. The van der Waals surface area contributed by atoms with Crippen LogP contribution in [0.1, 0.15) is 17.4 Å². The first-order valence-electron chi connectivity index (χ1n) is 5.52. The van der Waals surface area contributed by atoms with Gasteiger partial charge in [0, 0.05) is 6.42 Å². The minimum absolute atomic E-state index is 0.263. The van der Waals surface area contributed by atoms with Crippen LogP contribution in [0.2, 0.25) is 0 Å². The van der Waals surface area contributed by atoms with Gasteiger partial charge < -0.3 is 9.84 Å². The minimum Gasteiger partial charge on any atom is -0.343 e. The predicted octanol–water partition coefficient (Wildman–Crippen LogP) is 1.66. The van der Waals surface area contributed by atoms with Crippen molar-refractivity contribution in [2.45, 2.75) is 12.5 Å². The van der Waals surface area contributed by atoms with E-state index in [0.29, 0.717) is 12.2 Å². The Labute approximate surface area is 105 Å². The summed E-state index contributed by atoms with van der Waals surface area (Å²) in [5.41, 5.74) is 1.08. The molecule has 0 fully saturated rings. The van der Waals surface area contributed by atoms with Crippen LogP contribution in [0.25, 0.3) is 0 Å². The topological polar surface area (TPSA) is 68.0 Å². The second-order valence-electron chi connectivity index (χ2n) is 3.74. The van der Waals surface area contributed by atoms with Gasteiger partial charge in [0.1, 0.15) is 0 Å². The lowest BCUT2D eigenvalue weighted by atomic mass is 10.1. The van der Waals surface area contributed by atoms with Crippen LogP contribution in [0.5, 0.6) is 0 Å². The fraction of sp³-hybridized carbons (Fsp3) is 0.154. The normalized spacial score (nSPS) is 11.8. The minimum atomic E-state index is -0.323. The summed E-state index contributed by atoms with van der Waals surface area (Å²) < 4.78 is 4.71. The fourth-order valence-electron chi connectivity index (χ4n) is 1.62. The van der Waals surface area contributed by atoms with E-state index in [4.69, 9.17) is 4.52 Å². The third-order valence-electron chi connectivity index (χ3n) is 2.47. The van der Waals surface area contributed by atoms with Crippen LogP contribution in [-0.4, -0.2) is 16.0 Å². The first kappa shape index (κ1) is 12.0. The SMILES string of the molecule is C=CC(=O)NC(Cc1ccccc1)c1ncon1. The molecule has 5 nitrogen and oxygen atoms in total. The van der Waals surface area contributed by atoms with Crippen LogP contribution >= 0.6 is 0 Å². The summed E-state index contributed by atoms with van der Waals surface area (Å²) in [5, 5.41) is 6.54. The summed E-state index contributed by atoms with van der Waals surface area (Å²) >= 11 is 0. The van der Waals surface area contributed by atoms with Crippen molar-refractivity contribution in [1.82, 2.24) is 15.5 Å². The molecular formula is C13H13N3O2. The Kier molecular flexibility index (Phi) is 3.86. The third kappa shape index (κ3) is 3.04. The van der Waals surface area contributed by atoms with E-state index in [1.807, 2.05) is 30.3 Å². The number of benzene rings is 1. The van der Waals surface area contributed by atoms with Gasteiger partial charge in [0.25, 0.3) is 0 Å². The molecule has 1 aromatic carbocycles. The summed E-state index contributed by atoms with van der Waals surface area (Å²) in [6.07, 6.45) is 3.06. The summed E-state index contributed by atoms with van der Waals surface area (Å²) in [6, 6.07) is 9.46. The number of carbonyl (C=O) groups is 1. The second kappa shape index (κ2) is 5.77. The van der Waals surface area contributed by atoms with Crippen molar-refractivity contribution in [3.63, 3.8) is 0 Å². The number of hydrogen-bond donors (Lipinski definition) is 1. The van der Waals surface area contributed by atoms with Crippen molar-refractivity contribution in [3.8, 4) is 0 Å². The van der Waals surface area contributed by atoms with Crippen molar-refractivity contribution >= 4 is 5.91 Å². The van der Waals surface area contributed by atoms with Gasteiger partial charge in [-0.05, 0) is 11.6 Å². The molecule has 1 heterocycles. The molecule has 0 spiro atoms. The molecule has 0 radical (unpaired) electrons. The van der Waals surface area contributed by atoms with Gasteiger partial charge in [0.2, 0.25) is 12.3 Å². The Morgan fingerprint density at radius 2 is 2.22 bits per heavy atom. The van der Waals surface area contributed by atoms with Gasteiger partial charge in [0.15, 0.2) is 5.82 Å². The number of amides is 1. The zero-order valence-electron chi connectivity index (χ0n) is 9.74. The summed E-state index contributed by atoms with van der Waals surface area (Å²) in [6.45, 7) is 3.43. The first-order chi connectivity index (χ1) is 8.79. The highest BCUT2D eigenvalue weighted by atomic mass is 16.5. The zero-order chi connectivity index (χ0) is 12.8. The lowest BCUT2D eigenvalue weighted by Gasteiger charge is -2.14. The average molecular weight is 243 g/mol. The second-order valence-corrected chi connectivity index (χ2v) is 3.74. The highest BCUT2D eigenvalue weighted by molar-refractivity contribution is 5.87. The maximum atomic E-state index is 11.4. The quantitative estimate of drug-likeness (QED) is 0.811. The van der Waals surface area contributed by atoms with Crippen molar-refractivity contribution < 1.29 is 9.32 Å². The van der Waals surface area contributed by atoms with E-state index in [-0.39, 0.29) is 11.9 Å². The smallest absolute Gasteiger partial charge is 0.243 e. The Morgan fingerprint density at radius 3 is 2.83 bits per heavy atom. The van der Waals surface area contributed by atoms with Crippen molar-refractivity contribution in [2.75, 3.05) is 0 Å². The van der Waals surface area contributed by atoms with Crippen molar-refractivity contribution in [3.05, 3.63) is 60.8 Å². The van der Waals surface area contributed by atoms with Gasteiger partial charge in [0.05, 0.1) is 6.04 Å². The highest BCUT2D eigenvalue weighted by Crippen LogP contribution is 2.14. The zero-order valence-corrected chi connectivity index (χ0v) is 9.74. The molecule has 92 valence electrons. The van der Waals surface area contributed by atoms with Crippen molar-refractivity contribution in [2.24, 2.45) is 0 Å². The van der Waals surface area contributed by atoms with Crippen LogP contribution in [0.3, 0.4) is 0 Å². The predicted molar refractivity (Wildman–Crippen MR) is 65.5 cm³/mol. The molecule has 1 atom stereocenters. The van der Waals surface area contributed by atoms with Gasteiger partial charge in [-0.2, -0.15) is 4.98 Å². The van der Waals surface area contributed by atoms with E-state index in [0.717, 1.165) is 5.56 Å². The molecule has 1 N–H and O–H groups in total. The Bertz CT molecular complexity index is 508. The average Bonchev–Trinajstić information content (AvgIpc) is 2.93. The van der Waals surface area contributed by atoms with E-state index in [1.54, 1.807) is 0 Å². The number of nitrogens with one attached hydrogen (secondary N) is 1. The lowest BCUT2D eigenvalue weighted by molar-refractivity contribution is -0.117. The largest absolute Gasteiger partial charge is 0.343 e. The summed E-state index contributed by atoms with van der Waals surface area (Å²) in [4.78, 5) is 15.4. The van der Waals surface area contributed by atoms with Crippen LogP contribution in [0.4, 0.5) is 0 Å². The fourth-order valence-corrected chi connectivity index (χ4v) is 1.62. The van der Waals surface area contributed by atoms with Crippen LogP contribution in [0.15, 0.2) is 53.9 Å². The Hall–Kier alpha value is -2.43. The maximum absolute atomic E-state index is 11.4. The molecule has 18 heavy (non-hydrogen) atoms. The van der Waals surface area contributed by atoms with Crippen LogP contribution < -0.4 is 5.32 Å². The molecule has 2 aromatic rings. The van der Waals surface area contributed by atoms with Gasteiger partial charge in [-0.25, -0.2) is 0 Å². The molecule has 1 amide bonds. The van der Waals surface area contributed by atoms with Gasteiger partial charge >= 0.3 is 0 Å². The van der Waals surface area contributed by atoms with E-state index in [2.05, 4.69) is 22.0 Å². The number of hydrogen-bond acceptors (Lipinski definition) is 4. The van der Waals surface area contributed by atoms with Crippen LogP contribution in [-0.2, 0) is 11.2 Å². The van der Waals surface area contributed by atoms with E-state index < -0.39 is 0 Å². The highest BCUT2D eigenvalue weighted by Gasteiger charge is 2.18. The molecule has 0 saturated heterocycles. The van der Waals surface area contributed by atoms with E-state index in [1.165, 1.54) is 12.5 Å². The monoisotopic (exact) mass is 243 g/mol. The molecule has 0 saturated carbocycles. The van der Waals surface area contributed by atoms with E-state index >= 15 is 0 Å². The first-order valence-corrected chi connectivity index (χ1v) is 5.52. The van der Waals surface area contributed by atoms with Gasteiger partial charge in [-0.15, -0.1) is 0 Å².